The third kappa shape index (κ3) is 2.11. The Morgan fingerprint density at radius 2 is 2.06 bits per heavy atom. The lowest BCUT2D eigenvalue weighted by Gasteiger charge is -2.32. The molecular weight excluding hydrogens is 234 g/mol. The Balaban J connectivity index is 1.81. The summed E-state index contributed by atoms with van der Waals surface area (Å²) in [5, 5.41) is 9.47. The molecule has 1 atom stereocenters. The SMILES string of the molecule is O=S1CCN(C2CCc3cc(O)ccc32)CC1. The van der Waals surface area contributed by atoms with Crippen LogP contribution in [0.25, 0.3) is 0 Å². The molecule has 1 aromatic carbocycles. The molecule has 4 heteroatoms. The number of rotatable bonds is 1. The fourth-order valence-electron chi connectivity index (χ4n) is 2.92. The fourth-order valence-corrected chi connectivity index (χ4v) is 4.00. The van der Waals surface area contributed by atoms with Crippen LogP contribution in [0.2, 0.25) is 0 Å². The van der Waals surface area contributed by atoms with Gasteiger partial charge in [0.2, 0.25) is 0 Å². The molecule has 1 saturated heterocycles. The molecule has 0 spiro atoms. The van der Waals surface area contributed by atoms with E-state index in [4.69, 9.17) is 0 Å². The van der Waals surface area contributed by atoms with Crippen molar-refractivity contribution in [3.63, 3.8) is 0 Å². The maximum Gasteiger partial charge on any atom is 0.115 e. The van der Waals surface area contributed by atoms with Crippen LogP contribution in [0.3, 0.4) is 0 Å². The lowest BCUT2D eigenvalue weighted by Crippen LogP contribution is -2.39. The molecule has 2 aliphatic rings. The highest BCUT2D eigenvalue weighted by Gasteiger charge is 2.29. The Morgan fingerprint density at radius 3 is 2.82 bits per heavy atom. The third-order valence-corrected chi connectivity index (χ3v) is 5.10. The van der Waals surface area contributed by atoms with Crippen LogP contribution in [0.1, 0.15) is 23.6 Å². The standard InChI is InChI=1S/C13H17NO2S/c15-11-2-3-12-10(9-11)1-4-13(12)14-5-7-17(16)8-6-14/h2-3,9,13,15H,1,4-8H2. The molecule has 1 N–H and O–H groups in total. The van der Waals surface area contributed by atoms with Crippen molar-refractivity contribution >= 4 is 10.8 Å². The van der Waals surface area contributed by atoms with Crippen molar-refractivity contribution in [2.75, 3.05) is 24.6 Å². The Kier molecular flexibility index (Phi) is 2.92. The minimum Gasteiger partial charge on any atom is -0.508 e. The van der Waals surface area contributed by atoms with Gasteiger partial charge in [-0.25, -0.2) is 0 Å². The molecule has 1 heterocycles. The van der Waals surface area contributed by atoms with Crippen molar-refractivity contribution in [1.82, 2.24) is 4.90 Å². The van der Waals surface area contributed by atoms with Gasteiger partial charge in [-0.2, -0.15) is 0 Å². The predicted octanol–water partition coefficient (Wildman–Crippen LogP) is 1.44. The summed E-state index contributed by atoms with van der Waals surface area (Å²) in [4.78, 5) is 2.45. The number of hydrogen-bond acceptors (Lipinski definition) is 3. The number of aromatic hydroxyl groups is 1. The maximum absolute atomic E-state index is 11.4. The number of benzene rings is 1. The van der Waals surface area contributed by atoms with Crippen molar-refractivity contribution in [3.05, 3.63) is 29.3 Å². The number of aryl methyl sites for hydroxylation is 1. The second kappa shape index (κ2) is 4.42. The number of nitrogens with zero attached hydrogens (tertiary/aromatic N) is 1. The summed E-state index contributed by atoms with van der Waals surface area (Å²) in [6, 6.07) is 6.19. The zero-order valence-electron chi connectivity index (χ0n) is 9.76. The average Bonchev–Trinajstić information content (AvgIpc) is 2.73. The van der Waals surface area contributed by atoms with Gasteiger partial charge in [-0.3, -0.25) is 9.11 Å². The van der Waals surface area contributed by atoms with Gasteiger partial charge < -0.3 is 5.11 Å². The summed E-state index contributed by atoms with van der Waals surface area (Å²) in [5.74, 6) is 1.98. The zero-order chi connectivity index (χ0) is 11.8. The van der Waals surface area contributed by atoms with E-state index < -0.39 is 10.8 Å². The van der Waals surface area contributed by atoms with E-state index in [1.807, 2.05) is 12.1 Å². The van der Waals surface area contributed by atoms with Gasteiger partial charge >= 0.3 is 0 Å². The molecule has 3 rings (SSSR count). The average molecular weight is 251 g/mol. The van der Waals surface area contributed by atoms with Crippen LogP contribution in [-0.2, 0) is 17.2 Å². The van der Waals surface area contributed by atoms with Crippen molar-refractivity contribution in [2.24, 2.45) is 0 Å². The second-order valence-electron chi connectivity index (χ2n) is 4.82. The van der Waals surface area contributed by atoms with E-state index in [0.29, 0.717) is 11.8 Å². The number of phenols is 1. The summed E-state index contributed by atoms with van der Waals surface area (Å²) < 4.78 is 11.4. The minimum absolute atomic E-state index is 0.365. The first-order valence-electron chi connectivity index (χ1n) is 6.15. The molecule has 1 unspecified atom stereocenters. The van der Waals surface area contributed by atoms with Crippen molar-refractivity contribution in [3.8, 4) is 5.75 Å². The van der Waals surface area contributed by atoms with E-state index in [-0.39, 0.29) is 0 Å². The Morgan fingerprint density at radius 1 is 1.29 bits per heavy atom. The fraction of sp³-hybridized carbons (Fsp3) is 0.538. The van der Waals surface area contributed by atoms with Crippen LogP contribution in [-0.4, -0.2) is 38.8 Å². The Labute approximate surface area is 104 Å². The monoisotopic (exact) mass is 251 g/mol. The van der Waals surface area contributed by atoms with Gasteiger partial charge in [-0.15, -0.1) is 0 Å². The zero-order valence-corrected chi connectivity index (χ0v) is 10.6. The van der Waals surface area contributed by atoms with Crippen LogP contribution in [0, 0.1) is 0 Å². The Bertz CT molecular complexity index is 451. The highest BCUT2D eigenvalue weighted by atomic mass is 32.2. The molecule has 1 aliphatic carbocycles. The summed E-state index contributed by atoms with van der Waals surface area (Å²) in [6.45, 7) is 1.88. The number of fused-ring (bicyclic) bond motifs is 1. The summed E-state index contributed by atoms with van der Waals surface area (Å²) >= 11 is 0. The predicted molar refractivity (Wildman–Crippen MR) is 68.6 cm³/mol. The van der Waals surface area contributed by atoms with Crippen LogP contribution in [0.15, 0.2) is 18.2 Å². The molecular formula is C13H17NO2S. The number of phenolic OH excluding ortho intramolecular Hbond substituents is 1. The highest BCUT2D eigenvalue weighted by molar-refractivity contribution is 7.85. The van der Waals surface area contributed by atoms with Crippen LogP contribution >= 0.6 is 0 Å². The molecule has 3 nitrogen and oxygen atoms in total. The molecule has 0 saturated carbocycles. The Hall–Kier alpha value is -0.870. The molecule has 0 aromatic heterocycles. The minimum atomic E-state index is -0.604. The van der Waals surface area contributed by atoms with E-state index in [1.54, 1.807) is 6.07 Å². The summed E-state index contributed by atoms with van der Waals surface area (Å²) in [6.07, 6.45) is 2.18. The van der Waals surface area contributed by atoms with E-state index in [2.05, 4.69) is 4.90 Å². The van der Waals surface area contributed by atoms with Gasteiger partial charge in [0.05, 0.1) is 0 Å². The van der Waals surface area contributed by atoms with Gasteiger partial charge in [0.15, 0.2) is 0 Å². The van der Waals surface area contributed by atoms with Gasteiger partial charge in [0, 0.05) is 41.4 Å². The van der Waals surface area contributed by atoms with Crippen molar-refractivity contribution < 1.29 is 9.32 Å². The first-order chi connectivity index (χ1) is 8.24. The van der Waals surface area contributed by atoms with Gasteiger partial charge in [-0.05, 0) is 36.1 Å². The van der Waals surface area contributed by atoms with Crippen molar-refractivity contribution in [2.45, 2.75) is 18.9 Å². The van der Waals surface area contributed by atoms with E-state index in [9.17, 15) is 9.32 Å². The van der Waals surface area contributed by atoms with Crippen LogP contribution < -0.4 is 0 Å². The van der Waals surface area contributed by atoms with E-state index in [0.717, 1.165) is 37.4 Å². The second-order valence-corrected chi connectivity index (χ2v) is 6.52. The third-order valence-electron chi connectivity index (χ3n) is 3.83. The first-order valence-corrected chi connectivity index (χ1v) is 7.63. The molecule has 17 heavy (non-hydrogen) atoms. The largest absolute Gasteiger partial charge is 0.508 e. The lowest BCUT2D eigenvalue weighted by molar-refractivity contribution is 0.216. The van der Waals surface area contributed by atoms with Crippen LogP contribution in [0.4, 0.5) is 0 Å². The lowest BCUT2D eigenvalue weighted by atomic mass is 10.1. The van der Waals surface area contributed by atoms with E-state index in [1.165, 1.54) is 11.1 Å². The topological polar surface area (TPSA) is 40.5 Å². The number of hydrogen-bond donors (Lipinski definition) is 1. The summed E-state index contributed by atoms with van der Waals surface area (Å²) in [7, 11) is -0.604. The van der Waals surface area contributed by atoms with Gasteiger partial charge in [0.25, 0.3) is 0 Å². The first kappa shape index (κ1) is 11.2. The molecule has 92 valence electrons. The van der Waals surface area contributed by atoms with Gasteiger partial charge in [0.1, 0.15) is 5.75 Å². The van der Waals surface area contributed by atoms with Crippen LogP contribution in [0.5, 0.6) is 5.75 Å². The molecule has 0 amide bonds. The van der Waals surface area contributed by atoms with Crippen molar-refractivity contribution in [1.29, 1.82) is 0 Å². The maximum atomic E-state index is 11.4. The molecule has 1 fully saturated rings. The van der Waals surface area contributed by atoms with E-state index >= 15 is 0 Å². The molecule has 0 bridgehead atoms. The smallest absolute Gasteiger partial charge is 0.115 e. The summed E-state index contributed by atoms with van der Waals surface area (Å²) in [5.41, 5.74) is 2.64. The molecule has 1 aromatic rings. The quantitative estimate of drug-likeness (QED) is 0.821. The molecule has 0 radical (unpaired) electrons. The highest BCUT2D eigenvalue weighted by Crippen LogP contribution is 2.37. The van der Waals surface area contributed by atoms with Gasteiger partial charge in [-0.1, -0.05) is 6.07 Å². The normalized spacial score (nSPS) is 26.0. The molecule has 1 aliphatic heterocycles.